The molecule has 0 aliphatic carbocycles. The first-order valence-corrected chi connectivity index (χ1v) is 8.67. The van der Waals surface area contributed by atoms with Gasteiger partial charge in [0.25, 0.3) is 0 Å². The van der Waals surface area contributed by atoms with Crippen LogP contribution in [0.25, 0.3) is 0 Å². The van der Waals surface area contributed by atoms with E-state index in [4.69, 9.17) is 0 Å². The van der Waals surface area contributed by atoms with Crippen LogP contribution in [0.1, 0.15) is 25.7 Å². The lowest BCUT2D eigenvalue weighted by Gasteiger charge is -2.32. The molecule has 1 N–H and O–H groups in total. The van der Waals surface area contributed by atoms with Crippen LogP contribution in [0.3, 0.4) is 0 Å². The highest BCUT2D eigenvalue weighted by molar-refractivity contribution is 7.89. The summed E-state index contributed by atoms with van der Waals surface area (Å²) < 4.78 is 54.0. The van der Waals surface area contributed by atoms with Crippen molar-refractivity contribution < 1.29 is 17.2 Å². The third-order valence-corrected chi connectivity index (χ3v) is 5.85. The summed E-state index contributed by atoms with van der Waals surface area (Å²) in [6.07, 6.45) is 3.86. The van der Waals surface area contributed by atoms with E-state index >= 15 is 0 Å². The number of halogens is 2. The molecular formula is C14H18F2N2O2S. The van der Waals surface area contributed by atoms with E-state index in [0.29, 0.717) is 6.42 Å². The Morgan fingerprint density at radius 3 is 2.76 bits per heavy atom. The molecule has 0 saturated carbocycles. The van der Waals surface area contributed by atoms with E-state index in [2.05, 4.69) is 9.62 Å². The third-order valence-electron chi connectivity index (χ3n) is 4.35. The minimum atomic E-state index is -4.04. The molecule has 2 aliphatic heterocycles. The van der Waals surface area contributed by atoms with Crippen molar-refractivity contribution in [2.45, 2.75) is 42.7 Å². The molecule has 1 aromatic rings. The summed E-state index contributed by atoms with van der Waals surface area (Å²) in [5.74, 6) is -1.69. The zero-order chi connectivity index (χ0) is 15.0. The molecular weight excluding hydrogens is 298 g/mol. The Kier molecular flexibility index (Phi) is 3.98. The number of rotatable bonds is 3. The maximum Gasteiger partial charge on any atom is 0.243 e. The van der Waals surface area contributed by atoms with E-state index in [-0.39, 0.29) is 12.1 Å². The zero-order valence-corrected chi connectivity index (χ0v) is 12.4. The lowest BCUT2D eigenvalue weighted by atomic mass is 10.00. The molecule has 0 spiro atoms. The van der Waals surface area contributed by atoms with E-state index in [1.807, 2.05) is 0 Å². The van der Waals surface area contributed by atoms with Crippen molar-refractivity contribution in [2.75, 3.05) is 13.1 Å². The molecule has 0 radical (unpaired) electrons. The first kappa shape index (κ1) is 14.9. The smallest absolute Gasteiger partial charge is 0.243 e. The van der Waals surface area contributed by atoms with Crippen LogP contribution >= 0.6 is 0 Å². The molecule has 2 heterocycles. The Morgan fingerprint density at radius 1 is 1.14 bits per heavy atom. The molecule has 2 atom stereocenters. The fourth-order valence-corrected chi connectivity index (χ4v) is 4.72. The fourth-order valence-electron chi connectivity index (χ4n) is 3.33. The van der Waals surface area contributed by atoms with Gasteiger partial charge in [-0.3, -0.25) is 4.90 Å². The van der Waals surface area contributed by atoms with Crippen LogP contribution in [0, 0.1) is 11.6 Å². The number of benzene rings is 1. The van der Waals surface area contributed by atoms with Gasteiger partial charge in [0.1, 0.15) is 16.5 Å². The minimum Gasteiger partial charge on any atom is -0.299 e. The van der Waals surface area contributed by atoms with Gasteiger partial charge in [0.05, 0.1) is 0 Å². The standard InChI is InChI=1S/C14H18F2N2O2S/c15-10-4-5-11(16)14(9-10)21(19,20)17-12-6-8-18-7-2-1-3-13(12)18/h4-5,9,12-13,17H,1-3,6-8H2. The number of fused-ring (bicyclic) bond motifs is 1. The molecule has 7 heteroatoms. The largest absolute Gasteiger partial charge is 0.299 e. The monoisotopic (exact) mass is 316 g/mol. The predicted molar refractivity (Wildman–Crippen MR) is 74.3 cm³/mol. The topological polar surface area (TPSA) is 49.4 Å². The lowest BCUT2D eigenvalue weighted by molar-refractivity contribution is 0.186. The van der Waals surface area contributed by atoms with Crippen molar-refractivity contribution in [1.82, 2.24) is 9.62 Å². The van der Waals surface area contributed by atoms with Gasteiger partial charge < -0.3 is 0 Å². The maximum atomic E-state index is 13.7. The van der Waals surface area contributed by atoms with E-state index in [0.717, 1.165) is 50.6 Å². The molecule has 21 heavy (non-hydrogen) atoms. The van der Waals surface area contributed by atoms with Crippen LogP contribution in [-0.2, 0) is 10.0 Å². The molecule has 3 rings (SSSR count). The second kappa shape index (κ2) is 5.62. The molecule has 0 amide bonds. The number of piperidine rings is 1. The minimum absolute atomic E-state index is 0.171. The Hall–Kier alpha value is -1.05. The Morgan fingerprint density at radius 2 is 1.95 bits per heavy atom. The van der Waals surface area contributed by atoms with Gasteiger partial charge in [-0.1, -0.05) is 6.42 Å². The second-order valence-corrected chi connectivity index (χ2v) is 7.37. The second-order valence-electron chi connectivity index (χ2n) is 5.69. The number of nitrogens with one attached hydrogen (secondary N) is 1. The molecule has 0 bridgehead atoms. The highest BCUT2D eigenvalue weighted by Crippen LogP contribution is 2.28. The van der Waals surface area contributed by atoms with Crippen molar-refractivity contribution in [3.63, 3.8) is 0 Å². The van der Waals surface area contributed by atoms with Crippen molar-refractivity contribution in [3.05, 3.63) is 29.8 Å². The van der Waals surface area contributed by atoms with Crippen LogP contribution in [0.15, 0.2) is 23.1 Å². The normalized spacial score (nSPS) is 26.8. The van der Waals surface area contributed by atoms with Crippen LogP contribution in [0.2, 0.25) is 0 Å². The van der Waals surface area contributed by atoms with E-state index < -0.39 is 26.6 Å². The van der Waals surface area contributed by atoms with E-state index in [9.17, 15) is 17.2 Å². The van der Waals surface area contributed by atoms with Crippen LogP contribution in [-0.4, -0.2) is 38.5 Å². The van der Waals surface area contributed by atoms with E-state index in [1.54, 1.807) is 0 Å². The molecule has 2 unspecified atom stereocenters. The van der Waals surface area contributed by atoms with Crippen LogP contribution < -0.4 is 4.72 Å². The maximum absolute atomic E-state index is 13.7. The molecule has 2 aliphatic rings. The molecule has 1 aromatic carbocycles. The number of hydrogen-bond acceptors (Lipinski definition) is 3. The van der Waals surface area contributed by atoms with Gasteiger partial charge in [-0.2, -0.15) is 0 Å². The Bertz CT molecular complexity index is 636. The Balaban J connectivity index is 1.81. The summed E-state index contributed by atoms with van der Waals surface area (Å²) in [7, 11) is -4.04. The van der Waals surface area contributed by atoms with Gasteiger partial charge in [-0.25, -0.2) is 21.9 Å². The molecule has 2 saturated heterocycles. The number of nitrogens with zero attached hydrogens (tertiary/aromatic N) is 1. The zero-order valence-electron chi connectivity index (χ0n) is 11.6. The van der Waals surface area contributed by atoms with E-state index in [1.165, 1.54) is 0 Å². The highest BCUT2D eigenvalue weighted by Gasteiger charge is 2.38. The summed E-state index contributed by atoms with van der Waals surface area (Å²) in [6.45, 7) is 1.83. The number of hydrogen-bond donors (Lipinski definition) is 1. The highest BCUT2D eigenvalue weighted by atomic mass is 32.2. The van der Waals surface area contributed by atoms with Crippen molar-refractivity contribution >= 4 is 10.0 Å². The van der Waals surface area contributed by atoms with Gasteiger partial charge in [-0.05, 0) is 44.0 Å². The molecule has 2 fully saturated rings. The van der Waals surface area contributed by atoms with Crippen LogP contribution in [0.5, 0.6) is 0 Å². The third kappa shape index (κ3) is 2.95. The lowest BCUT2D eigenvalue weighted by Crippen LogP contribution is -2.46. The van der Waals surface area contributed by atoms with Crippen molar-refractivity contribution in [3.8, 4) is 0 Å². The molecule has 0 aromatic heterocycles. The SMILES string of the molecule is O=S(=O)(NC1CCN2CCCCC12)c1cc(F)ccc1F. The summed E-state index contributed by atoms with van der Waals surface area (Å²) in [6, 6.07) is 2.42. The van der Waals surface area contributed by atoms with Gasteiger partial charge in [0, 0.05) is 18.6 Å². The van der Waals surface area contributed by atoms with Crippen LogP contribution in [0.4, 0.5) is 8.78 Å². The summed E-state index contributed by atoms with van der Waals surface area (Å²) in [4.78, 5) is 1.66. The fraction of sp³-hybridized carbons (Fsp3) is 0.571. The first-order valence-electron chi connectivity index (χ1n) is 7.19. The van der Waals surface area contributed by atoms with Gasteiger partial charge in [-0.15, -0.1) is 0 Å². The van der Waals surface area contributed by atoms with Gasteiger partial charge >= 0.3 is 0 Å². The summed E-state index contributed by atoms with van der Waals surface area (Å²) >= 11 is 0. The van der Waals surface area contributed by atoms with Crippen molar-refractivity contribution in [1.29, 1.82) is 0 Å². The Labute approximate surface area is 123 Å². The summed E-state index contributed by atoms with van der Waals surface area (Å²) in [5, 5.41) is 0. The number of sulfonamides is 1. The quantitative estimate of drug-likeness (QED) is 0.926. The van der Waals surface area contributed by atoms with Gasteiger partial charge in [0.15, 0.2) is 0 Å². The average molecular weight is 316 g/mol. The van der Waals surface area contributed by atoms with Crippen molar-refractivity contribution in [2.24, 2.45) is 0 Å². The van der Waals surface area contributed by atoms with Gasteiger partial charge in [0.2, 0.25) is 10.0 Å². The molecule has 116 valence electrons. The first-order chi connectivity index (χ1) is 9.97. The average Bonchev–Trinajstić information content (AvgIpc) is 2.84. The summed E-state index contributed by atoms with van der Waals surface area (Å²) in [5.41, 5.74) is 0. The molecule has 4 nitrogen and oxygen atoms in total. The predicted octanol–water partition coefficient (Wildman–Crippen LogP) is 1.87.